The Bertz CT molecular complexity index is 1570. The number of benzene rings is 1. The average molecular weight is 567 g/mol. The highest BCUT2D eigenvalue weighted by atomic mass is 32.2. The Morgan fingerprint density at radius 1 is 1.05 bits per heavy atom. The fraction of sp³-hybridized carbons (Fsp3) is 0.379. The van der Waals surface area contributed by atoms with E-state index < -0.39 is 33.4 Å². The molecule has 0 saturated heterocycles. The summed E-state index contributed by atoms with van der Waals surface area (Å²) in [6, 6.07) is 11.4. The number of nitrogens with one attached hydrogen (secondary N) is 2. The molecule has 2 N–H and O–H groups in total. The van der Waals surface area contributed by atoms with Crippen molar-refractivity contribution in [3.8, 4) is 11.3 Å². The number of aliphatic imine (C=N–C) groups is 1. The molecule has 3 heterocycles. The summed E-state index contributed by atoms with van der Waals surface area (Å²) in [6.45, 7) is 5.75. The molecule has 3 atom stereocenters. The Morgan fingerprint density at radius 3 is 2.45 bits per heavy atom. The molecule has 210 valence electrons. The number of fused-ring (bicyclic) bond motifs is 1. The highest BCUT2D eigenvalue weighted by Gasteiger charge is 2.43. The van der Waals surface area contributed by atoms with Crippen LogP contribution in [0, 0.1) is 11.6 Å². The molecule has 11 heteroatoms. The molecular formula is C29H32F2N6O2S. The van der Waals surface area contributed by atoms with Gasteiger partial charge in [-0.1, -0.05) is 26.0 Å². The van der Waals surface area contributed by atoms with Gasteiger partial charge in [0.15, 0.2) is 6.29 Å². The lowest BCUT2D eigenvalue weighted by molar-refractivity contribution is 0.353. The van der Waals surface area contributed by atoms with Crippen LogP contribution in [0.3, 0.4) is 0 Å². The van der Waals surface area contributed by atoms with Crippen LogP contribution in [-0.4, -0.2) is 41.9 Å². The predicted molar refractivity (Wildman–Crippen MR) is 151 cm³/mol. The van der Waals surface area contributed by atoms with Crippen molar-refractivity contribution in [2.24, 2.45) is 4.99 Å². The van der Waals surface area contributed by atoms with E-state index in [1.54, 1.807) is 25.4 Å². The second-order valence-corrected chi connectivity index (χ2v) is 12.1. The number of pyridine rings is 1. The van der Waals surface area contributed by atoms with Crippen LogP contribution in [0.2, 0.25) is 0 Å². The normalized spacial score (nSPS) is 22.4. The molecule has 40 heavy (non-hydrogen) atoms. The number of halogens is 2. The first-order chi connectivity index (χ1) is 19.2. The number of hydrogen-bond acceptors (Lipinski definition) is 7. The van der Waals surface area contributed by atoms with Crippen molar-refractivity contribution in [1.82, 2.24) is 25.2 Å². The standard InChI is InChI=1S/C29H32F2N6O2S/c1-4-18-13-14-29(5-2,27-20(18)15-24(35-36-27)26-21(30)9-7-10-22(26)31)25-12-8-11-23(34-25)19-16-32-28(33-17-19)37-40(38,39)6-3/h7-12,15-18,28,32,37H,4-6,13-14H2,1-3H3/t18-,28?,29+/m0/s1. The quantitative estimate of drug-likeness (QED) is 0.396. The molecule has 0 amide bonds. The lowest BCUT2D eigenvalue weighted by atomic mass is 9.65. The third-order valence-electron chi connectivity index (χ3n) is 7.92. The van der Waals surface area contributed by atoms with Crippen molar-refractivity contribution in [2.75, 3.05) is 5.75 Å². The Kier molecular flexibility index (Phi) is 7.78. The summed E-state index contributed by atoms with van der Waals surface area (Å²) in [5.74, 6) is -1.20. The van der Waals surface area contributed by atoms with Crippen molar-refractivity contribution >= 4 is 21.8 Å². The van der Waals surface area contributed by atoms with E-state index in [-0.39, 0.29) is 22.9 Å². The van der Waals surface area contributed by atoms with Crippen molar-refractivity contribution in [1.29, 1.82) is 0 Å². The number of sulfonamides is 1. The molecule has 1 aliphatic carbocycles. The zero-order valence-electron chi connectivity index (χ0n) is 22.7. The maximum absolute atomic E-state index is 14.6. The summed E-state index contributed by atoms with van der Waals surface area (Å²) >= 11 is 0. The van der Waals surface area contributed by atoms with Gasteiger partial charge < -0.3 is 5.32 Å². The summed E-state index contributed by atoms with van der Waals surface area (Å²) in [7, 11) is -3.42. The molecule has 0 radical (unpaired) electrons. The van der Waals surface area contributed by atoms with Gasteiger partial charge in [0.1, 0.15) is 11.6 Å². The summed E-state index contributed by atoms with van der Waals surface area (Å²) in [5, 5.41) is 11.9. The second kappa shape index (κ2) is 11.1. The lowest BCUT2D eigenvalue weighted by Gasteiger charge is -2.40. The molecule has 0 saturated carbocycles. The molecule has 1 aromatic carbocycles. The second-order valence-electron chi connectivity index (χ2n) is 10.1. The Morgan fingerprint density at radius 2 is 1.80 bits per heavy atom. The van der Waals surface area contributed by atoms with Gasteiger partial charge in [0.05, 0.1) is 39.5 Å². The first-order valence-corrected chi connectivity index (χ1v) is 15.2. The maximum Gasteiger partial charge on any atom is 0.214 e. The number of hydrogen-bond donors (Lipinski definition) is 2. The molecule has 1 unspecified atom stereocenters. The molecule has 0 spiro atoms. The zero-order valence-corrected chi connectivity index (χ0v) is 23.5. The molecular weight excluding hydrogens is 534 g/mol. The molecule has 8 nitrogen and oxygen atoms in total. The fourth-order valence-electron chi connectivity index (χ4n) is 5.57. The molecule has 0 fully saturated rings. The van der Waals surface area contributed by atoms with Crippen LogP contribution in [0.1, 0.15) is 75.0 Å². The van der Waals surface area contributed by atoms with Crippen LogP contribution in [0.5, 0.6) is 0 Å². The van der Waals surface area contributed by atoms with Gasteiger partial charge in [-0.3, -0.25) is 9.98 Å². The van der Waals surface area contributed by atoms with E-state index in [4.69, 9.17) is 4.98 Å². The number of nitrogens with zero attached hydrogens (tertiary/aromatic N) is 4. The van der Waals surface area contributed by atoms with Crippen LogP contribution < -0.4 is 10.0 Å². The van der Waals surface area contributed by atoms with E-state index in [0.717, 1.165) is 36.2 Å². The summed E-state index contributed by atoms with van der Waals surface area (Å²) in [4.78, 5) is 9.30. The van der Waals surface area contributed by atoms with Gasteiger partial charge >= 0.3 is 0 Å². The van der Waals surface area contributed by atoms with Gasteiger partial charge in [-0.25, -0.2) is 17.2 Å². The van der Waals surface area contributed by atoms with Crippen LogP contribution in [0.15, 0.2) is 53.7 Å². The van der Waals surface area contributed by atoms with E-state index in [9.17, 15) is 17.2 Å². The SMILES string of the molecule is CC[C@H]1CC[C@](CC)(c2cccc(C3=CNC(NS(=O)(=O)CC)N=C3)n2)c2nnc(-c3c(F)cccc3F)cc21. The first kappa shape index (κ1) is 28.0. The highest BCUT2D eigenvalue weighted by molar-refractivity contribution is 7.89. The summed E-state index contributed by atoms with van der Waals surface area (Å²) in [6.07, 6.45) is 5.76. The van der Waals surface area contributed by atoms with Crippen LogP contribution >= 0.6 is 0 Å². The van der Waals surface area contributed by atoms with E-state index in [2.05, 4.69) is 39.1 Å². The summed E-state index contributed by atoms with van der Waals surface area (Å²) < 4.78 is 55.4. The number of allylic oxidation sites excluding steroid dienone is 1. The molecule has 5 rings (SSSR count). The van der Waals surface area contributed by atoms with Gasteiger partial charge in [0, 0.05) is 18.0 Å². The Balaban J connectivity index is 1.52. The van der Waals surface area contributed by atoms with Crippen LogP contribution in [0.4, 0.5) is 8.78 Å². The van der Waals surface area contributed by atoms with Crippen molar-refractivity contribution in [2.45, 2.75) is 64.1 Å². The minimum Gasteiger partial charge on any atom is -0.356 e. The van der Waals surface area contributed by atoms with Gasteiger partial charge in [-0.05, 0) is 74.4 Å². The van der Waals surface area contributed by atoms with Gasteiger partial charge in [-0.2, -0.15) is 9.82 Å². The molecule has 3 aromatic rings. The topological polar surface area (TPSA) is 109 Å². The highest BCUT2D eigenvalue weighted by Crippen LogP contribution is 2.49. The van der Waals surface area contributed by atoms with Crippen molar-refractivity contribution < 1.29 is 17.2 Å². The predicted octanol–water partition coefficient (Wildman–Crippen LogP) is 5.04. The van der Waals surface area contributed by atoms with E-state index >= 15 is 0 Å². The average Bonchev–Trinajstić information content (AvgIpc) is 2.96. The van der Waals surface area contributed by atoms with E-state index in [1.165, 1.54) is 18.2 Å². The van der Waals surface area contributed by atoms with Gasteiger partial charge in [-0.15, -0.1) is 5.10 Å². The monoisotopic (exact) mass is 566 g/mol. The first-order valence-electron chi connectivity index (χ1n) is 13.5. The minimum absolute atomic E-state index is 0.0417. The third kappa shape index (κ3) is 5.15. The van der Waals surface area contributed by atoms with Gasteiger partial charge in [0.2, 0.25) is 10.0 Å². The molecule has 2 aromatic heterocycles. The lowest BCUT2D eigenvalue weighted by Crippen LogP contribution is -2.43. The zero-order chi connectivity index (χ0) is 28.5. The number of rotatable bonds is 8. The maximum atomic E-state index is 14.6. The van der Waals surface area contributed by atoms with Crippen molar-refractivity contribution in [3.05, 3.63) is 82.9 Å². The number of aromatic nitrogens is 3. The van der Waals surface area contributed by atoms with E-state index in [1.807, 2.05) is 18.2 Å². The molecule has 1 aliphatic heterocycles. The van der Waals surface area contributed by atoms with Gasteiger partial charge in [0.25, 0.3) is 0 Å². The molecule has 2 aliphatic rings. The fourth-order valence-corrected chi connectivity index (χ4v) is 6.21. The Hall–Kier alpha value is -3.57. The molecule has 0 bridgehead atoms. The minimum atomic E-state index is -3.42. The summed E-state index contributed by atoms with van der Waals surface area (Å²) in [5.41, 5.74) is 3.42. The largest absolute Gasteiger partial charge is 0.356 e. The third-order valence-corrected chi connectivity index (χ3v) is 9.26. The van der Waals surface area contributed by atoms with Crippen LogP contribution in [-0.2, 0) is 15.4 Å². The Labute approximate surface area is 233 Å². The smallest absolute Gasteiger partial charge is 0.214 e. The van der Waals surface area contributed by atoms with Crippen LogP contribution in [0.25, 0.3) is 16.8 Å². The van der Waals surface area contributed by atoms with E-state index in [0.29, 0.717) is 17.7 Å². The van der Waals surface area contributed by atoms with Crippen molar-refractivity contribution in [3.63, 3.8) is 0 Å².